The summed E-state index contributed by atoms with van der Waals surface area (Å²) < 4.78 is 0. The molecule has 0 spiro atoms. The lowest BCUT2D eigenvalue weighted by atomic mass is 9.86. The Labute approximate surface area is 119 Å². The Bertz CT molecular complexity index is 430. The van der Waals surface area contributed by atoms with Gasteiger partial charge in [-0.15, -0.1) is 0 Å². The fourth-order valence-electron chi connectivity index (χ4n) is 2.78. The van der Waals surface area contributed by atoms with Gasteiger partial charge in [0.1, 0.15) is 0 Å². The van der Waals surface area contributed by atoms with Crippen LogP contribution in [0.1, 0.15) is 36.8 Å². The summed E-state index contributed by atoms with van der Waals surface area (Å²) >= 11 is 0. The van der Waals surface area contributed by atoms with Gasteiger partial charge in [0, 0.05) is 13.1 Å². The Balaban J connectivity index is 1.74. The molecule has 0 aliphatic heterocycles. The molecule has 2 rings (SSSR count). The molecule has 0 aromatic heterocycles. The van der Waals surface area contributed by atoms with Gasteiger partial charge in [-0.05, 0) is 29.9 Å². The number of carbonyl (C=O) groups is 1. The van der Waals surface area contributed by atoms with Gasteiger partial charge in [0.05, 0.1) is 12.5 Å². The Hall–Kier alpha value is -1.39. The van der Waals surface area contributed by atoms with Gasteiger partial charge in [-0.25, -0.2) is 0 Å². The molecule has 4 heteroatoms. The predicted molar refractivity (Wildman–Crippen MR) is 77.5 cm³/mol. The summed E-state index contributed by atoms with van der Waals surface area (Å²) in [7, 11) is 0. The third kappa shape index (κ3) is 4.62. The number of aliphatic hydroxyl groups excluding tert-OH is 1. The van der Waals surface area contributed by atoms with E-state index in [9.17, 15) is 9.90 Å². The first-order valence-corrected chi connectivity index (χ1v) is 7.33. The lowest BCUT2D eigenvalue weighted by Gasteiger charge is -2.27. The van der Waals surface area contributed by atoms with Crippen molar-refractivity contribution in [3.05, 3.63) is 35.4 Å². The second-order valence-corrected chi connectivity index (χ2v) is 5.63. The van der Waals surface area contributed by atoms with E-state index in [0.29, 0.717) is 5.92 Å². The molecule has 0 bridgehead atoms. The lowest BCUT2D eigenvalue weighted by Crippen LogP contribution is -2.33. The minimum Gasteiger partial charge on any atom is -0.481 e. The zero-order chi connectivity index (χ0) is 14.4. The maximum absolute atomic E-state index is 10.6. The van der Waals surface area contributed by atoms with E-state index in [1.165, 1.54) is 6.42 Å². The highest BCUT2D eigenvalue weighted by molar-refractivity contribution is 5.70. The molecule has 1 aliphatic rings. The van der Waals surface area contributed by atoms with Crippen LogP contribution in [-0.2, 0) is 17.8 Å². The highest BCUT2D eigenvalue weighted by Gasteiger charge is 2.22. The summed E-state index contributed by atoms with van der Waals surface area (Å²) in [5, 5.41) is 22.0. The summed E-state index contributed by atoms with van der Waals surface area (Å²) in [6, 6.07) is 7.65. The minimum atomic E-state index is -0.804. The molecule has 1 saturated carbocycles. The average molecular weight is 277 g/mol. The van der Waals surface area contributed by atoms with Crippen LogP contribution >= 0.6 is 0 Å². The van der Waals surface area contributed by atoms with Crippen molar-refractivity contribution in [2.24, 2.45) is 5.92 Å². The standard InChI is InChI=1S/C16H23NO3/c18-15-4-2-1-3-14(15)11-17-10-13-7-5-12(6-8-13)9-16(19)20/h5-8,14-15,17-18H,1-4,9-11H2,(H,19,20). The van der Waals surface area contributed by atoms with E-state index in [-0.39, 0.29) is 12.5 Å². The highest BCUT2D eigenvalue weighted by atomic mass is 16.4. The Morgan fingerprint density at radius 2 is 1.80 bits per heavy atom. The number of hydrogen-bond donors (Lipinski definition) is 3. The van der Waals surface area contributed by atoms with Crippen LogP contribution in [0.25, 0.3) is 0 Å². The third-order valence-corrected chi connectivity index (χ3v) is 3.98. The predicted octanol–water partition coefficient (Wildman–Crippen LogP) is 1.95. The molecule has 1 aromatic carbocycles. The van der Waals surface area contributed by atoms with Crippen molar-refractivity contribution < 1.29 is 15.0 Å². The molecule has 4 nitrogen and oxygen atoms in total. The molecular weight excluding hydrogens is 254 g/mol. The minimum absolute atomic E-state index is 0.0714. The molecule has 1 fully saturated rings. The van der Waals surface area contributed by atoms with Crippen LogP contribution in [-0.4, -0.2) is 28.8 Å². The van der Waals surface area contributed by atoms with Crippen LogP contribution in [0.2, 0.25) is 0 Å². The van der Waals surface area contributed by atoms with Crippen molar-refractivity contribution in [2.45, 2.75) is 44.8 Å². The van der Waals surface area contributed by atoms with Crippen molar-refractivity contribution >= 4 is 5.97 Å². The maximum Gasteiger partial charge on any atom is 0.307 e. The summed E-state index contributed by atoms with van der Waals surface area (Å²) in [4.78, 5) is 10.6. The second-order valence-electron chi connectivity index (χ2n) is 5.63. The first-order chi connectivity index (χ1) is 9.65. The number of carboxylic acid groups (broad SMARTS) is 1. The van der Waals surface area contributed by atoms with Gasteiger partial charge in [0.15, 0.2) is 0 Å². The summed E-state index contributed by atoms with van der Waals surface area (Å²) in [5.74, 6) is -0.433. The van der Waals surface area contributed by atoms with Crippen LogP contribution in [0.15, 0.2) is 24.3 Å². The van der Waals surface area contributed by atoms with E-state index in [1.807, 2.05) is 24.3 Å². The number of benzene rings is 1. The van der Waals surface area contributed by atoms with E-state index in [1.54, 1.807) is 0 Å². The van der Waals surface area contributed by atoms with E-state index in [4.69, 9.17) is 5.11 Å². The van der Waals surface area contributed by atoms with Crippen LogP contribution in [0.5, 0.6) is 0 Å². The van der Waals surface area contributed by atoms with Crippen molar-refractivity contribution in [1.82, 2.24) is 5.32 Å². The van der Waals surface area contributed by atoms with E-state index >= 15 is 0 Å². The monoisotopic (exact) mass is 277 g/mol. The zero-order valence-electron chi connectivity index (χ0n) is 11.7. The van der Waals surface area contributed by atoms with E-state index in [2.05, 4.69) is 5.32 Å². The van der Waals surface area contributed by atoms with Crippen molar-refractivity contribution in [3.8, 4) is 0 Å². The molecule has 0 radical (unpaired) electrons. The first-order valence-electron chi connectivity index (χ1n) is 7.33. The quantitative estimate of drug-likeness (QED) is 0.743. The fraction of sp³-hybridized carbons (Fsp3) is 0.562. The molecule has 3 N–H and O–H groups in total. The number of hydrogen-bond acceptors (Lipinski definition) is 3. The Kier molecular flexibility index (Phi) is 5.56. The lowest BCUT2D eigenvalue weighted by molar-refractivity contribution is -0.136. The van der Waals surface area contributed by atoms with Crippen molar-refractivity contribution in [1.29, 1.82) is 0 Å². The van der Waals surface area contributed by atoms with Gasteiger partial charge in [-0.2, -0.15) is 0 Å². The summed E-state index contributed by atoms with van der Waals surface area (Å²) in [6.45, 7) is 1.61. The molecule has 0 heterocycles. The SMILES string of the molecule is O=C(O)Cc1ccc(CNCC2CCCCC2O)cc1. The number of carboxylic acids is 1. The molecular formula is C16H23NO3. The molecule has 110 valence electrons. The topological polar surface area (TPSA) is 69.6 Å². The van der Waals surface area contributed by atoms with Crippen LogP contribution in [0.4, 0.5) is 0 Å². The van der Waals surface area contributed by atoms with Gasteiger partial charge in [-0.3, -0.25) is 4.79 Å². The van der Waals surface area contributed by atoms with Gasteiger partial charge in [-0.1, -0.05) is 37.1 Å². The third-order valence-electron chi connectivity index (χ3n) is 3.98. The number of rotatable bonds is 6. The first kappa shape index (κ1) is 15.0. The van der Waals surface area contributed by atoms with Gasteiger partial charge in [0.2, 0.25) is 0 Å². The number of aliphatic hydroxyl groups is 1. The summed E-state index contributed by atoms with van der Waals surface area (Å²) in [5.41, 5.74) is 1.97. The van der Waals surface area contributed by atoms with Crippen molar-refractivity contribution in [3.63, 3.8) is 0 Å². The van der Waals surface area contributed by atoms with Gasteiger partial charge in [0.25, 0.3) is 0 Å². The second kappa shape index (κ2) is 7.41. The smallest absolute Gasteiger partial charge is 0.307 e. The zero-order valence-corrected chi connectivity index (χ0v) is 11.7. The fourth-order valence-corrected chi connectivity index (χ4v) is 2.78. The van der Waals surface area contributed by atoms with Crippen LogP contribution < -0.4 is 5.32 Å². The molecule has 2 unspecified atom stereocenters. The molecule has 0 saturated heterocycles. The van der Waals surface area contributed by atoms with Crippen LogP contribution in [0, 0.1) is 5.92 Å². The average Bonchev–Trinajstić information content (AvgIpc) is 2.42. The maximum atomic E-state index is 10.6. The Morgan fingerprint density at radius 3 is 2.45 bits per heavy atom. The largest absolute Gasteiger partial charge is 0.481 e. The molecule has 20 heavy (non-hydrogen) atoms. The van der Waals surface area contributed by atoms with Gasteiger partial charge >= 0.3 is 5.97 Å². The molecule has 1 aromatic rings. The van der Waals surface area contributed by atoms with Crippen LogP contribution in [0.3, 0.4) is 0 Å². The molecule has 1 aliphatic carbocycles. The van der Waals surface area contributed by atoms with E-state index < -0.39 is 5.97 Å². The number of nitrogens with one attached hydrogen (secondary N) is 1. The van der Waals surface area contributed by atoms with Crippen molar-refractivity contribution in [2.75, 3.05) is 6.54 Å². The normalized spacial score (nSPS) is 22.6. The van der Waals surface area contributed by atoms with Gasteiger partial charge < -0.3 is 15.5 Å². The Morgan fingerprint density at radius 1 is 1.15 bits per heavy atom. The summed E-state index contributed by atoms with van der Waals surface area (Å²) in [6.07, 6.45) is 4.30. The van der Waals surface area contributed by atoms with E-state index in [0.717, 1.165) is 43.5 Å². The highest BCUT2D eigenvalue weighted by Crippen LogP contribution is 2.23. The molecule has 2 atom stereocenters. The molecule has 0 amide bonds. The number of aliphatic carboxylic acids is 1.